The van der Waals surface area contributed by atoms with Crippen molar-refractivity contribution < 1.29 is 14.3 Å². The normalized spacial score (nSPS) is 19.2. The molecule has 0 bridgehead atoms. The van der Waals surface area contributed by atoms with Crippen molar-refractivity contribution in [3.05, 3.63) is 28.8 Å². The standard InChI is InChI=1S/C12H11Cl2NO3/c1-18-12(17)11-8(14)3-2-4-9(11)15-6-7(13)5-10(15)16/h2-4,7H,5-6H2,1H3. The van der Waals surface area contributed by atoms with E-state index in [-0.39, 0.29) is 28.3 Å². The molecule has 0 aliphatic carbocycles. The average Bonchev–Trinajstić information content (AvgIpc) is 2.67. The van der Waals surface area contributed by atoms with Crippen LogP contribution in [-0.4, -0.2) is 30.9 Å². The third-order valence-electron chi connectivity index (χ3n) is 2.75. The molecule has 0 radical (unpaired) electrons. The molecule has 1 heterocycles. The van der Waals surface area contributed by atoms with Gasteiger partial charge < -0.3 is 9.64 Å². The van der Waals surface area contributed by atoms with Crippen molar-refractivity contribution in [1.29, 1.82) is 0 Å². The summed E-state index contributed by atoms with van der Waals surface area (Å²) in [4.78, 5) is 25.0. The highest BCUT2D eigenvalue weighted by molar-refractivity contribution is 6.34. The number of hydrogen-bond donors (Lipinski definition) is 0. The fourth-order valence-corrected chi connectivity index (χ4v) is 2.46. The average molecular weight is 288 g/mol. The quantitative estimate of drug-likeness (QED) is 0.620. The maximum absolute atomic E-state index is 11.8. The number of nitrogens with zero attached hydrogens (tertiary/aromatic N) is 1. The number of amides is 1. The number of methoxy groups -OCH3 is 1. The van der Waals surface area contributed by atoms with Crippen LogP contribution in [0, 0.1) is 0 Å². The lowest BCUT2D eigenvalue weighted by atomic mass is 10.1. The molecular formula is C12H11Cl2NO3. The van der Waals surface area contributed by atoms with Crippen molar-refractivity contribution in [2.24, 2.45) is 0 Å². The topological polar surface area (TPSA) is 46.6 Å². The number of ether oxygens (including phenoxy) is 1. The largest absolute Gasteiger partial charge is 0.465 e. The first-order valence-electron chi connectivity index (χ1n) is 5.36. The van der Waals surface area contributed by atoms with Crippen molar-refractivity contribution in [1.82, 2.24) is 0 Å². The van der Waals surface area contributed by atoms with Crippen molar-refractivity contribution in [2.75, 3.05) is 18.6 Å². The number of rotatable bonds is 2. The Labute approximate surface area is 114 Å². The number of carbonyl (C=O) groups is 2. The van der Waals surface area contributed by atoms with E-state index in [9.17, 15) is 9.59 Å². The Morgan fingerprint density at radius 3 is 2.78 bits per heavy atom. The van der Waals surface area contributed by atoms with Gasteiger partial charge in [-0.2, -0.15) is 0 Å². The fraction of sp³-hybridized carbons (Fsp3) is 0.333. The highest BCUT2D eigenvalue weighted by Crippen LogP contribution is 2.32. The zero-order chi connectivity index (χ0) is 13.3. The van der Waals surface area contributed by atoms with E-state index < -0.39 is 5.97 Å². The summed E-state index contributed by atoms with van der Waals surface area (Å²) in [5, 5.41) is 0.00662. The monoisotopic (exact) mass is 287 g/mol. The number of halogens is 2. The number of hydrogen-bond acceptors (Lipinski definition) is 3. The van der Waals surface area contributed by atoms with Crippen LogP contribution in [0.25, 0.3) is 0 Å². The molecule has 0 saturated carbocycles. The minimum absolute atomic E-state index is 0.123. The van der Waals surface area contributed by atoms with Gasteiger partial charge in [-0.15, -0.1) is 11.6 Å². The summed E-state index contributed by atoms with van der Waals surface area (Å²) in [6.45, 7) is 0.366. The van der Waals surface area contributed by atoms with E-state index in [2.05, 4.69) is 4.74 Å². The number of carbonyl (C=O) groups excluding carboxylic acids is 2. The molecule has 1 saturated heterocycles. The van der Waals surface area contributed by atoms with Crippen molar-refractivity contribution >= 4 is 40.8 Å². The maximum atomic E-state index is 11.8. The third-order valence-corrected chi connectivity index (χ3v) is 3.36. The first-order valence-corrected chi connectivity index (χ1v) is 6.17. The van der Waals surface area contributed by atoms with Gasteiger partial charge in [-0.25, -0.2) is 4.79 Å². The Morgan fingerprint density at radius 1 is 1.50 bits per heavy atom. The van der Waals surface area contributed by atoms with Crippen molar-refractivity contribution in [3.63, 3.8) is 0 Å². The van der Waals surface area contributed by atoms with Crippen LogP contribution in [-0.2, 0) is 9.53 Å². The predicted octanol–water partition coefficient (Wildman–Crippen LogP) is 2.47. The van der Waals surface area contributed by atoms with Crippen LogP contribution in [0.5, 0.6) is 0 Å². The van der Waals surface area contributed by atoms with Gasteiger partial charge >= 0.3 is 5.97 Å². The second kappa shape index (κ2) is 5.16. The number of anilines is 1. The van der Waals surface area contributed by atoms with Gasteiger partial charge in [0.1, 0.15) is 5.56 Å². The van der Waals surface area contributed by atoms with Crippen LogP contribution in [0.4, 0.5) is 5.69 Å². The van der Waals surface area contributed by atoms with E-state index in [4.69, 9.17) is 23.2 Å². The molecule has 1 amide bonds. The summed E-state index contributed by atoms with van der Waals surface area (Å²) in [6.07, 6.45) is 0.259. The number of alkyl halides is 1. The Bertz CT molecular complexity index is 504. The molecule has 1 fully saturated rings. The SMILES string of the molecule is COC(=O)c1c(Cl)cccc1N1CC(Cl)CC1=O. The van der Waals surface area contributed by atoms with Gasteiger partial charge in [-0.05, 0) is 12.1 Å². The van der Waals surface area contributed by atoms with Gasteiger partial charge in [0, 0.05) is 13.0 Å². The van der Waals surface area contributed by atoms with E-state index in [1.807, 2.05) is 0 Å². The molecule has 1 atom stereocenters. The Morgan fingerprint density at radius 2 is 2.22 bits per heavy atom. The molecule has 0 aromatic heterocycles. The highest BCUT2D eigenvalue weighted by atomic mass is 35.5. The first kappa shape index (κ1) is 13.2. The summed E-state index contributed by atoms with van der Waals surface area (Å²) in [5.74, 6) is -0.691. The zero-order valence-electron chi connectivity index (χ0n) is 9.65. The molecule has 4 nitrogen and oxygen atoms in total. The zero-order valence-corrected chi connectivity index (χ0v) is 11.2. The smallest absolute Gasteiger partial charge is 0.341 e. The van der Waals surface area contributed by atoms with Crippen LogP contribution >= 0.6 is 23.2 Å². The molecule has 1 unspecified atom stereocenters. The van der Waals surface area contributed by atoms with Crippen LogP contribution in [0.3, 0.4) is 0 Å². The van der Waals surface area contributed by atoms with Gasteiger partial charge in [-0.1, -0.05) is 17.7 Å². The van der Waals surface area contributed by atoms with Crippen LogP contribution < -0.4 is 4.90 Å². The van der Waals surface area contributed by atoms with Crippen LogP contribution in [0.1, 0.15) is 16.8 Å². The van der Waals surface area contributed by atoms with E-state index in [1.165, 1.54) is 12.0 Å². The highest BCUT2D eigenvalue weighted by Gasteiger charge is 2.32. The summed E-state index contributed by atoms with van der Waals surface area (Å²) in [5.41, 5.74) is 0.642. The summed E-state index contributed by atoms with van der Waals surface area (Å²) < 4.78 is 4.69. The minimum atomic E-state index is -0.568. The Balaban J connectivity index is 2.48. The van der Waals surface area contributed by atoms with E-state index in [0.717, 1.165) is 0 Å². The van der Waals surface area contributed by atoms with Crippen LogP contribution in [0.15, 0.2) is 18.2 Å². The molecule has 0 N–H and O–H groups in total. The van der Waals surface area contributed by atoms with Gasteiger partial charge in [0.2, 0.25) is 5.91 Å². The fourth-order valence-electron chi connectivity index (χ4n) is 1.94. The summed E-state index contributed by atoms with van der Waals surface area (Å²) in [6, 6.07) is 4.92. The minimum Gasteiger partial charge on any atom is -0.465 e. The van der Waals surface area contributed by atoms with Gasteiger partial charge in [0.25, 0.3) is 0 Å². The molecule has 0 spiro atoms. The van der Waals surface area contributed by atoms with Crippen molar-refractivity contribution in [3.8, 4) is 0 Å². The maximum Gasteiger partial charge on any atom is 0.341 e. The second-order valence-electron chi connectivity index (χ2n) is 3.93. The molecule has 1 aromatic rings. The van der Waals surface area contributed by atoms with Gasteiger partial charge in [0.15, 0.2) is 0 Å². The van der Waals surface area contributed by atoms with Gasteiger partial charge in [0.05, 0.1) is 23.2 Å². The van der Waals surface area contributed by atoms with E-state index in [1.54, 1.807) is 18.2 Å². The summed E-state index contributed by atoms with van der Waals surface area (Å²) in [7, 11) is 1.27. The molecule has 2 rings (SSSR count). The summed E-state index contributed by atoms with van der Waals surface area (Å²) >= 11 is 11.9. The lowest BCUT2D eigenvalue weighted by molar-refractivity contribution is -0.117. The van der Waals surface area contributed by atoms with Crippen molar-refractivity contribution in [2.45, 2.75) is 11.8 Å². The van der Waals surface area contributed by atoms with Crippen LogP contribution in [0.2, 0.25) is 5.02 Å². The Hall–Kier alpha value is -1.26. The molecule has 6 heteroatoms. The molecule has 18 heavy (non-hydrogen) atoms. The van der Waals surface area contributed by atoms with E-state index >= 15 is 0 Å². The number of esters is 1. The molecule has 96 valence electrons. The van der Waals surface area contributed by atoms with E-state index in [0.29, 0.717) is 12.2 Å². The lowest BCUT2D eigenvalue weighted by Crippen LogP contribution is -2.27. The molecule has 1 aliphatic rings. The van der Waals surface area contributed by atoms with Gasteiger partial charge in [-0.3, -0.25) is 4.79 Å². The molecular weight excluding hydrogens is 277 g/mol. The molecule has 1 aliphatic heterocycles. The predicted molar refractivity (Wildman–Crippen MR) is 69.4 cm³/mol. The first-order chi connectivity index (χ1) is 8.54. The second-order valence-corrected chi connectivity index (χ2v) is 4.96. The third kappa shape index (κ3) is 2.31. The molecule has 1 aromatic carbocycles. The number of benzene rings is 1. The lowest BCUT2D eigenvalue weighted by Gasteiger charge is -2.19. The Kier molecular flexibility index (Phi) is 3.78.